The quantitative estimate of drug-likeness (QED) is 0.544. The first-order valence-electron chi connectivity index (χ1n) is 8.99. The highest BCUT2D eigenvalue weighted by Gasteiger charge is 2.25. The van der Waals surface area contributed by atoms with E-state index in [4.69, 9.17) is 0 Å². The molecule has 23 heavy (non-hydrogen) atoms. The second-order valence-corrected chi connectivity index (χ2v) is 7.07. The second kappa shape index (κ2) is 7.42. The first kappa shape index (κ1) is 16.4. The second-order valence-electron chi connectivity index (χ2n) is 7.07. The highest BCUT2D eigenvalue weighted by Crippen LogP contribution is 2.40. The maximum absolute atomic E-state index is 13.4. The average molecular weight is 316 g/mol. The van der Waals surface area contributed by atoms with E-state index in [1.165, 1.54) is 44.2 Å². The van der Waals surface area contributed by atoms with E-state index in [1.807, 2.05) is 0 Å². The van der Waals surface area contributed by atoms with Crippen molar-refractivity contribution in [3.05, 3.63) is 53.1 Å². The van der Waals surface area contributed by atoms with E-state index in [9.17, 15) is 8.78 Å². The zero-order valence-corrected chi connectivity index (χ0v) is 14.0. The molecule has 2 unspecified atom stereocenters. The number of hydrogen-bond donors (Lipinski definition) is 0. The zero-order valence-electron chi connectivity index (χ0n) is 14.0. The van der Waals surface area contributed by atoms with Gasteiger partial charge in [-0.15, -0.1) is 0 Å². The molecular formula is C21H26F2. The van der Waals surface area contributed by atoms with Crippen LogP contribution in [0.5, 0.6) is 0 Å². The number of rotatable bonds is 4. The normalized spacial score (nSPS) is 25.0. The average Bonchev–Trinajstić information content (AvgIpc) is 2.55. The Morgan fingerprint density at radius 2 is 1.57 bits per heavy atom. The van der Waals surface area contributed by atoms with Crippen molar-refractivity contribution in [2.24, 2.45) is 11.8 Å². The molecule has 0 N–H and O–H groups in total. The fourth-order valence-corrected chi connectivity index (χ4v) is 4.17. The van der Waals surface area contributed by atoms with Crippen LogP contribution in [0, 0.1) is 23.5 Å². The zero-order chi connectivity index (χ0) is 16.2. The van der Waals surface area contributed by atoms with Crippen LogP contribution in [0.1, 0.15) is 63.9 Å². The molecule has 3 rings (SSSR count). The van der Waals surface area contributed by atoms with Gasteiger partial charge in [-0.05, 0) is 80.1 Å². The summed E-state index contributed by atoms with van der Waals surface area (Å²) in [4.78, 5) is 0. The van der Waals surface area contributed by atoms with E-state index in [0.29, 0.717) is 0 Å². The van der Waals surface area contributed by atoms with Gasteiger partial charge in [0.25, 0.3) is 0 Å². The molecule has 1 aromatic carbocycles. The molecule has 2 heteroatoms. The van der Waals surface area contributed by atoms with Gasteiger partial charge in [0, 0.05) is 6.07 Å². The Morgan fingerprint density at radius 3 is 2.09 bits per heavy atom. The van der Waals surface area contributed by atoms with Crippen molar-refractivity contribution in [2.75, 3.05) is 0 Å². The summed E-state index contributed by atoms with van der Waals surface area (Å²) in [5.74, 6) is 0.557. The molecule has 0 radical (unpaired) electrons. The van der Waals surface area contributed by atoms with Gasteiger partial charge in [-0.2, -0.15) is 0 Å². The molecular weight excluding hydrogens is 290 g/mol. The molecule has 0 nitrogen and oxygen atoms in total. The summed E-state index contributed by atoms with van der Waals surface area (Å²) in [6.45, 7) is 2.25. The van der Waals surface area contributed by atoms with Crippen molar-refractivity contribution < 1.29 is 8.78 Å². The summed E-state index contributed by atoms with van der Waals surface area (Å²) in [6, 6.07) is 3.85. The van der Waals surface area contributed by atoms with Crippen LogP contribution in [-0.2, 0) is 0 Å². The van der Waals surface area contributed by atoms with E-state index in [-0.39, 0.29) is 0 Å². The molecule has 0 saturated carbocycles. The Morgan fingerprint density at radius 1 is 0.913 bits per heavy atom. The smallest absolute Gasteiger partial charge is 0.126 e. The lowest BCUT2D eigenvalue weighted by Crippen LogP contribution is -2.19. The summed E-state index contributed by atoms with van der Waals surface area (Å²) in [5, 5.41) is 0. The molecule has 1 aromatic rings. The fraction of sp³-hybridized carbons (Fsp3) is 0.524. The number of allylic oxidation sites excluding steroid dienone is 4. The summed E-state index contributed by atoms with van der Waals surface area (Å²) < 4.78 is 26.8. The van der Waals surface area contributed by atoms with Crippen LogP contribution >= 0.6 is 0 Å². The minimum Gasteiger partial charge on any atom is -0.207 e. The minimum absolute atomic E-state index is 0.483. The van der Waals surface area contributed by atoms with E-state index in [2.05, 4.69) is 19.1 Å². The Bertz CT molecular complexity index is 592. The summed E-state index contributed by atoms with van der Waals surface area (Å²) in [7, 11) is 0. The largest absolute Gasteiger partial charge is 0.207 e. The van der Waals surface area contributed by atoms with Gasteiger partial charge < -0.3 is 0 Å². The molecule has 124 valence electrons. The third-order valence-electron chi connectivity index (χ3n) is 5.47. The molecule has 0 bridgehead atoms. The van der Waals surface area contributed by atoms with E-state index >= 15 is 0 Å². The van der Waals surface area contributed by atoms with Crippen LogP contribution in [0.25, 0.3) is 5.57 Å². The number of hydrogen-bond acceptors (Lipinski definition) is 0. The predicted octanol–water partition coefficient (Wildman–Crippen LogP) is 6.67. The third-order valence-corrected chi connectivity index (χ3v) is 5.47. The molecule has 0 saturated heterocycles. The summed E-state index contributed by atoms with van der Waals surface area (Å²) in [5.41, 5.74) is 3.47. The number of benzene rings is 1. The molecule has 2 atom stereocenters. The van der Waals surface area contributed by atoms with Gasteiger partial charge in [-0.25, -0.2) is 8.78 Å². The van der Waals surface area contributed by atoms with Gasteiger partial charge in [-0.3, -0.25) is 0 Å². The van der Waals surface area contributed by atoms with Crippen molar-refractivity contribution in [2.45, 2.75) is 58.3 Å². The lowest BCUT2D eigenvalue weighted by Gasteiger charge is -2.32. The Kier molecular flexibility index (Phi) is 5.30. The Balaban J connectivity index is 1.62. The molecule has 0 heterocycles. The van der Waals surface area contributed by atoms with Gasteiger partial charge in [0.2, 0.25) is 0 Å². The van der Waals surface area contributed by atoms with Gasteiger partial charge in [-0.1, -0.05) is 31.1 Å². The third kappa shape index (κ3) is 4.10. The standard InChI is InChI=1S/C21H26F2/c1-2-3-15-4-6-16(7-5-15)17-8-10-18(11-9-17)19-12-20(22)14-21(23)13-19/h4,10,12-14,16-17H,2-3,5-9,11H2,1H3. The molecule has 0 amide bonds. The van der Waals surface area contributed by atoms with E-state index < -0.39 is 11.6 Å². The van der Waals surface area contributed by atoms with E-state index in [1.54, 1.807) is 5.57 Å². The first-order chi connectivity index (χ1) is 11.2. The maximum atomic E-state index is 13.4. The van der Waals surface area contributed by atoms with Crippen LogP contribution in [0.15, 0.2) is 35.9 Å². The first-order valence-corrected chi connectivity index (χ1v) is 8.99. The monoisotopic (exact) mass is 316 g/mol. The van der Waals surface area contributed by atoms with Gasteiger partial charge >= 0.3 is 0 Å². The summed E-state index contributed by atoms with van der Waals surface area (Å²) in [6.07, 6.45) is 14.1. The topological polar surface area (TPSA) is 0 Å². The molecule has 0 fully saturated rings. The minimum atomic E-state index is -0.483. The van der Waals surface area contributed by atoms with Crippen LogP contribution in [0.3, 0.4) is 0 Å². The molecule has 0 aromatic heterocycles. The van der Waals surface area contributed by atoms with Crippen molar-refractivity contribution in [1.29, 1.82) is 0 Å². The van der Waals surface area contributed by atoms with Crippen LogP contribution in [0.4, 0.5) is 8.78 Å². The van der Waals surface area contributed by atoms with Crippen molar-refractivity contribution in [3.8, 4) is 0 Å². The Labute approximate surface area is 138 Å². The SMILES string of the molecule is CCCC1=CCC(C2CC=C(c3cc(F)cc(F)c3)CC2)CC1. The van der Waals surface area contributed by atoms with Crippen molar-refractivity contribution >= 4 is 5.57 Å². The van der Waals surface area contributed by atoms with Gasteiger partial charge in [0.1, 0.15) is 11.6 Å². The Hall–Kier alpha value is -1.44. The van der Waals surface area contributed by atoms with Crippen LogP contribution in [0.2, 0.25) is 0 Å². The van der Waals surface area contributed by atoms with Gasteiger partial charge in [0.05, 0.1) is 0 Å². The molecule has 0 aliphatic heterocycles. The molecule has 2 aliphatic rings. The summed E-state index contributed by atoms with van der Waals surface area (Å²) >= 11 is 0. The predicted molar refractivity (Wildman–Crippen MR) is 92.0 cm³/mol. The number of halogens is 2. The van der Waals surface area contributed by atoms with E-state index in [0.717, 1.165) is 48.3 Å². The molecule has 0 spiro atoms. The molecule has 2 aliphatic carbocycles. The van der Waals surface area contributed by atoms with Crippen LogP contribution < -0.4 is 0 Å². The lowest BCUT2D eigenvalue weighted by molar-refractivity contribution is 0.285. The lowest BCUT2D eigenvalue weighted by atomic mass is 9.73. The van der Waals surface area contributed by atoms with Crippen LogP contribution in [-0.4, -0.2) is 0 Å². The fourth-order valence-electron chi connectivity index (χ4n) is 4.17. The van der Waals surface area contributed by atoms with Gasteiger partial charge in [0.15, 0.2) is 0 Å². The maximum Gasteiger partial charge on any atom is 0.126 e. The highest BCUT2D eigenvalue weighted by atomic mass is 19.1. The van der Waals surface area contributed by atoms with Crippen molar-refractivity contribution in [3.63, 3.8) is 0 Å². The van der Waals surface area contributed by atoms with Crippen molar-refractivity contribution in [1.82, 2.24) is 0 Å². The highest BCUT2D eigenvalue weighted by molar-refractivity contribution is 5.66.